The summed E-state index contributed by atoms with van der Waals surface area (Å²) in [5, 5.41) is 11.0. The highest BCUT2D eigenvalue weighted by atomic mass is 32.2. The minimum Gasteiger partial charge on any atom is -0.480 e. The number of amides is 2. The molecule has 0 radical (unpaired) electrons. The lowest BCUT2D eigenvalue weighted by molar-refractivity contribution is -0.136. The maximum atomic E-state index is 12.1. The van der Waals surface area contributed by atoms with Gasteiger partial charge in [-0.05, 0) is 12.1 Å². The number of carbonyl (C=O) groups is 3. The van der Waals surface area contributed by atoms with E-state index in [0.717, 1.165) is 0 Å². The summed E-state index contributed by atoms with van der Waals surface area (Å²) < 4.78 is 24.5. The number of hydrogen-bond donors (Lipinski definition) is 2. The van der Waals surface area contributed by atoms with E-state index in [1.807, 2.05) is 0 Å². The molecule has 1 aromatic carbocycles. The first-order valence-corrected chi connectivity index (χ1v) is 6.88. The molecule has 0 saturated carbocycles. The highest BCUT2D eigenvalue weighted by Gasteiger charge is 2.43. The van der Waals surface area contributed by atoms with E-state index < -0.39 is 34.4 Å². The van der Waals surface area contributed by atoms with Crippen LogP contribution in [-0.2, 0) is 19.6 Å². The molecule has 2 amide bonds. The highest BCUT2D eigenvalue weighted by Crippen LogP contribution is 2.34. The summed E-state index contributed by atoms with van der Waals surface area (Å²) in [5.74, 6) is -2.89. The van der Waals surface area contributed by atoms with Gasteiger partial charge < -0.3 is 10.4 Å². The van der Waals surface area contributed by atoms with E-state index in [0.29, 0.717) is 0 Å². The molecule has 0 saturated heterocycles. The Morgan fingerprint density at radius 3 is 2.55 bits per heavy atom. The van der Waals surface area contributed by atoms with E-state index in [-0.39, 0.29) is 20.5 Å². The zero-order chi connectivity index (χ0) is 15.1. The molecule has 106 valence electrons. The van der Waals surface area contributed by atoms with Crippen molar-refractivity contribution in [2.45, 2.75) is 11.8 Å². The molecule has 1 aliphatic heterocycles. The Kier molecular flexibility index (Phi) is 3.22. The predicted molar refractivity (Wildman–Crippen MR) is 66.6 cm³/mol. The summed E-state index contributed by atoms with van der Waals surface area (Å²) in [7, 11) is -4.20. The molecule has 1 heterocycles. The third-order valence-electron chi connectivity index (χ3n) is 2.62. The second-order valence-electron chi connectivity index (χ2n) is 4.07. The fourth-order valence-corrected chi connectivity index (χ4v) is 3.43. The molecule has 0 unspecified atom stereocenters. The molecule has 2 rings (SSSR count). The first-order chi connectivity index (χ1) is 9.25. The van der Waals surface area contributed by atoms with Gasteiger partial charge >= 0.3 is 5.97 Å². The summed E-state index contributed by atoms with van der Waals surface area (Å²) in [6.45, 7) is 0.248. The number of carbonyl (C=O) groups excluding carboxylic acids is 2. The van der Waals surface area contributed by atoms with Crippen molar-refractivity contribution in [3.8, 4) is 0 Å². The maximum Gasteiger partial charge on any atom is 0.324 e. The SMILES string of the molecule is CC(=O)Nc1cccc2c1C(=O)N(CC(=O)O)S2(=O)=O. The van der Waals surface area contributed by atoms with Crippen molar-refractivity contribution < 1.29 is 27.9 Å². The van der Waals surface area contributed by atoms with E-state index >= 15 is 0 Å². The Bertz CT molecular complexity index is 724. The van der Waals surface area contributed by atoms with Crippen molar-refractivity contribution in [1.82, 2.24) is 4.31 Å². The van der Waals surface area contributed by atoms with Crippen LogP contribution < -0.4 is 5.32 Å². The van der Waals surface area contributed by atoms with Gasteiger partial charge in [-0.1, -0.05) is 6.07 Å². The molecule has 2 N–H and O–H groups in total. The molecule has 0 aromatic heterocycles. The fourth-order valence-electron chi connectivity index (χ4n) is 1.89. The van der Waals surface area contributed by atoms with Gasteiger partial charge in [0.2, 0.25) is 5.91 Å². The predicted octanol–water partition coefficient (Wildman–Crippen LogP) is -0.126. The van der Waals surface area contributed by atoms with Gasteiger partial charge in [0, 0.05) is 6.92 Å². The normalized spacial score (nSPS) is 15.8. The maximum absolute atomic E-state index is 12.1. The molecular formula is C11H10N2O6S. The highest BCUT2D eigenvalue weighted by molar-refractivity contribution is 7.90. The molecule has 9 heteroatoms. The molecule has 8 nitrogen and oxygen atoms in total. The largest absolute Gasteiger partial charge is 0.480 e. The monoisotopic (exact) mass is 298 g/mol. The zero-order valence-electron chi connectivity index (χ0n) is 10.3. The van der Waals surface area contributed by atoms with Crippen molar-refractivity contribution in [2.24, 2.45) is 0 Å². The van der Waals surface area contributed by atoms with E-state index in [2.05, 4.69) is 5.32 Å². The number of sulfonamides is 1. The molecular weight excluding hydrogens is 288 g/mol. The minimum atomic E-state index is -4.20. The molecule has 0 atom stereocenters. The van der Waals surface area contributed by atoms with E-state index in [4.69, 9.17) is 5.11 Å². The number of hydrogen-bond acceptors (Lipinski definition) is 5. The first-order valence-electron chi connectivity index (χ1n) is 5.44. The Morgan fingerprint density at radius 1 is 1.35 bits per heavy atom. The quantitative estimate of drug-likeness (QED) is 0.802. The third kappa shape index (κ3) is 2.11. The number of fused-ring (bicyclic) bond motifs is 1. The number of aliphatic carboxylic acids is 1. The van der Waals surface area contributed by atoms with Crippen LogP contribution in [0.3, 0.4) is 0 Å². The lowest BCUT2D eigenvalue weighted by Gasteiger charge is -2.11. The smallest absolute Gasteiger partial charge is 0.324 e. The number of carboxylic acid groups (broad SMARTS) is 1. The Hall–Kier alpha value is -2.42. The number of nitrogens with one attached hydrogen (secondary N) is 1. The van der Waals surface area contributed by atoms with Gasteiger partial charge in [0.1, 0.15) is 11.4 Å². The summed E-state index contributed by atoms with van der Waals surface area (Å²) in [4.78, 5) is 33.5. The van der Waals surface area contributed by atoms with Crippen molar-refractivity contribution >= 4 is 33.5 Å². The average molecular weight is 298 g/mol. The van der Waals surface area contributed by atoms with Gasteiger partial charge in [-0.3, -0.25) is 14.4 Å². The van der Waals surface area contributed by atoms with Crippen LogP contribution in [-0.4, -0.2) is 42.2 Å². The standard InChI is InChI=1S/C11H10N2O6S/c1-6(14)12-7-3-2-4-8-10(7)11(17)13(5-9(15)16)20(8,18)19/h2-4H,5H2,1H3,(H,12,14)(H,15,16). The summed E-state index contributed by atoms with van der Waals surface area (Å²) in [5.41, 5.74) is -0.180. The molecule has 0 bridgehead atoms. The second-order valence-corrected chi connectivity index (χ2v) is 5.90. The molecule has 0 spiro atoms. The molecule has 1 aliphatic rings. The summed E-state index contributed by atoms with van der Waals surface area (Å²) in [6.07, 6.45) is 0. The van der Waals surface area contributed by atoms with Crippen LogP contribution in [0.1, 0.15) is 17.3 Å². The van der Waals surface area contributed by atoms with Crippen LogP contribution in [0.5, 0.6) is 0 Å². The minimum absolute atomic E-state index is 0.0384. The first kappa shape index (κ1) is 14.0. The number of carboxylic acids is 1. The van der Waals surface area contributed by atoms with Gasteiger partial charge in [-0.25, -0.2) is 12.7 Å². The van der Waals surface area contributed by atoms with Crippen LogP contribution in [0.4, 0.5) is 5.69 Å². The Morgan fingerprint density at radius 2 is 2.00 bits per heavy atom. The van der Waals surface area contributed by atoms with Gasteiger partial charge in [-0.2, -0.15) is 0 Å². The van der Waals surface area contributed by atoms with Crippen molar-refractivity contribution in [3.63, 3.8) is 0 Å². The van der Waals surface area contributed by atoms with E-state index in [9.17, 15) is 22.8 Å². The molecule has 0 fully saturated rings. The van der Waals surface area contributed by atoms with Gasteiger partial charge in [0.05, 0.1) is 11.3 Å². The Balaban J connectivity index is 2.60. The Labute approximate surface area is 114 Å². The van der Waals surface area contributed by atoms with E-state index in [1.165, 1.54) is 25.1 Å². The molecule has 20 heavy (non-hydrogen) atoms. The topological polar surface area (TPSA) is 121 Å². The lowest BCUT2D eigenvalue weighted by Crippen LogP contribution is -2.35. The zero-order valence-corrected chi connectivity index (χ0v) is 11.1. The van der Waals surface area contributed by atoms with Crippen molar-refractivity contribution in [2.75, 3.05) is 11.9 Å². The number of benzene rings is 1. The van der Waals surface area contributed by atoms with Gasteiger partial charge in [0.15, 0.2) is 0 Å². The van der Waals surface area contributed by atoms with Crippen LogP contribution in [0.15, 0.2) is 23.1 Å². The van der Waals surface area contributed by atoms with Crippen LogP contribution in [0.2, 0.25) is 0 Å². The third-order valence-corrected chi connectivity index (χ3v) is 4.40. The fraction of sp³-hybridized carbons (Fsp3) is 0.182. The van der Waals surface area contributed by atoms with Crippen molar-refractivity contribution in [1.29, 1.82) is 0 Å². The van der Waals surface area contributed by atoms with Crippen LogP contribution >= 0.6 is 0 Å². The van der Waals surface area contributed by atoms with Crippen LogP contribution in [0.25, 0.3) is 0 Å². The summed E-state index contributed by atoms with van der Waals surface area (Å²) >= 11 is 0. The van der Waals surface area contributed by atoms with Gasteiger partial charge in [-0.15, -0.1) is 0 Å². The number of anilines is 1. The molecule has 1 aromatic rings. The van der Waals surface area contributed by atoms with E-state index in [1.54, 1.807) is 0 Å². The van der Waals surface area contributed by atoms with Crippen LogP contribution in [0, 0.1) is 0 Å². The average Bonchev–Trinajstić information content (AvgIpc) is 2.51. The lowest BCUT2D eigenvalue weighted by atomic mass is 10.1. The number of rotatable bonds is 3. The number of nitrogens with zero attached hydrogens (tertiary/aromatic N) is 1. The second kappa shape index (κ2) is 4.60. The molecule has 0 aliphatic carbocycles. The van der Waals surface area contributed by atoms with Gasteiger partial charge in [0.25, 0.3) is 15.9 Å². The summed E-state index contributed by atoms with van der Waals surface area (Å²) in [6, 6.07) is 3.92. The van der Waals surface area contributed by atoms with Crippen molar-refractivity contribution in [3.05, 3.63) is 23.8 Å².